The summed E-state index contributed by atoms with van der Waals surface area (Å²) in [6, 6.07) is 21.1. The van der Waals surface area contributed by atoms with E-state index in [1.807, 2.05) is 31.2 Å². The quantitative estimate of drug-likeness (QED) is 0.377. The number of nitrogens with one attached hydrogen (secondary N) is 1. The van der Waals surface area contributed by atoms with Gasteiger partial charge in [0, 0.05) is 16.4 Å². The van der Waals surface area contributed by atoms with Gasteiger partial charge in [0.25, 0.3) is 0 Å². The van der Waals surface area contributed by atoms with Gasteiger partial charge in [0.05, 0.1) is 11.3 Å². The number of amides is 1. The lowest BCUT2D eigenvalue weighted by atomic mass is 10.2. The summed E-state index contributed by atoms with van der Waals surface area (Å²) < 4.78 is 16.2. The van der Waals surface area contributed by atoms with Gasteiger partial charge in [-0.2, -0.15) is 0 Å². The van der Waals surface area contributed by atoms with Gasteiger partial charge in [-0.3, -0.25) is 9.36 Å². The lowest BCUT2D eigenvalue weighted by Gasteiger charge is -2.11. The first kappa shape index (κ1) is 21.1. The van der Waals surface area contributed by atoms with Crippen LogP contribution in [0.15, 0.2) is 78.0 Å². The molecule has 5 nitrogen and oxygen atoms in total. The highest BCUT2D eigenvalue weighted by atomic mass is 35.5. The van der Waals surface area contributed by atoms with Gasteiger partial charge >= 0.3 is 0 Å². The number of halogens is 2. The number of aromatic nitrogens is 3. The number of benzene rings is 3. The molecule has 1 heterocycles. The van der Waals surface area contributed by atoms with Crippen LogP contribution in [-0.2, 0) is 4.79 Å². The van der Waals surface area contributed by atoms with Crippen molar-refractivity contribution >= 4 is 35.0 Å². The average Bonchev–Trinajstić information content (AvgIpc) is 3.17. The summed E-state index contributed by atoms with van der Waals surface area (Å²) in [6.45, 7) is 1.99. The average molecular weight is 453 g/mol. The van der Waals surface area contributed by atoms with E-state index in [0.717, 1.165) is 11.3 Å². The maximum Gasteiger partial charge on any atom is 0.234 e. The molecule has 0 unspecified atom stereocenters. The van der Waals surface area contributed by atoms with Crippen LogP contribution in [0.5, 0.6) is 0 Å². The summed E-state index contributed by atoms with van der Waals surface area (Å²) in [5, 5.41) is 12.3. The Balaban J connectivity index is 1.62. The van der Waals surface area contributed by atoms with Gasteiger partial charge < -0.3 is 5.32 Å². The molecule has 31 heavy (non-hydrogen) atoms. The number of hydrogen-bond acceptors (Lipinski definition) is 4. The number of carbonyl (C=O) groups is 1. The molecular weight excluding hydrogens is 435 g/mol. The first-order chi connectivity index (χ1) is 15.0. The molecule has 4 aromatic rings. The molecule has 0 aliphatic heterocycles. The molecule has 1 aromatic heterocycles. The molecule has 0 spiro atoms. The predicted molar refractivity (Wildman–Crippen MR) is 122 cm³/mol. The van der Waals surface area contributed by atoms with Crippen molar-refractivity contribution in [1.82, 2.24) is 14.8 Å². The van der Waals surface area contributed by atoms with E-state index < -0.39 is 5.82 Å². The van der Waals surface area contributed by atoms with Crippen LogP contribution in [0.1, 0.15) is 5.56 Å². The van der Waals surface area contributed by atoms with Gasteiger partial charge in [0.1, 0.15) is 5.82 Å². The molecular formula is C23H18ClFN4OS. The Morgan fingerprint density at radius 1 is 1.06 bits per heavy atom. The third kappa shape index (κ3) is 4.95. The van der Waals surface area contributed by atoms with Crippen molar-refractivity contribution < 1.29 is 9.18 Å². The molecule has 0 aliphatic carbocycles. The number of thioether (sulfide) groups is 1. The molecule has 3 aromatic carbocycles. The minimum absolute atomic E-state index is 0.105. The minimum atomic E-state index is -0.390. The summed E-state index contributed by atoms with van der Waals surface area (Å²) >= 11 is 7.19. The minimum Gasteiger partial charge on any atom is -0.325 e. The van der Waals surface area contributed by atoms with Crippen LogP contribution in [0.25, 0.3) is 17.1 Å². The number of aryl methyl sites for hydroxylation is 1. The number of rotatable bonds is 6. The molecule has 156 valence electrons. The van der Waals surface area contributed by atoms with Crippen LogP contribution >= 0.6 is 23.4 Å². The van der Waals surface area contributed by atoms with Crippen molar-refractivity contribution in [3.63, 3.8) is 0 Å². The van der Waals surface area contributed by atoms with Crippen LogP contribution < -0.4 is 5.32 Å². The Labute approximate surface area is 188 Å². The Hall–Kier alpha value is -3.16. The molecule has 0 bridgehead atoms. The monoisotopic (exact) mass is 452 g/mol. The zero-order valence-electron chi connectivity index (χ0n) is 16.5. The fraction of sp³-hybridized carbons (Fsp3) is 0.0870. The molecule has 0 fully saturated rings. The maximum atomic E-state index is 14.5. The molecule has 1 N–H and O–H groups in total. The smallest absolute Gasteiger partial charge is 0.234 e. The Morgan fingerprint density at radius 2 is 1.84 bits per heavy atom. The normalized spacial score (nSPS) is 10.8. The van der Waals surface area contributed by atoms with Crippen molar-refractivity contribution in [3.05, 3.63) is 89.2 Å². The molecule has 0 saturated heterocycles. The van der Waals surface area contributed by atoms with Crippen molar-refractivity contribution in [2.75, 3.05) is 11.1 Å². The maximum absolute atomic E-state index is 14.5. The van der Waals surface area contributed by atoms with E-state index >= 15 is 0 Å². The SMILES string of the molecule is Cc1ccc(-n2c(SCC(=O)Nc3cccc(Cl)c3)nnc2-c2ccccc2F)cc1. The summed E-state index contributed by atoms with van der Waals surface area (Å²) in [5.74, 6) is -0.121. The van der Waals surface area contributed by atoms with Gasteiger partial charge in [-0.05, 0) is 49.4 Å². The van der Waals surface area contributed by atoms with E-state index in [9.17, 15) is 9.18 Å². The second-order valence-electron chi connectivity index (χ2n) is 6.80. The number of anilines is 1. The fourth-order valence-corrected chi connectivity index (χ4v) is 3.94. The van der Waals surface area contributed by atoms with E-state index in [-0.39, 0.29) is 11.7 Å². The van der Waals surface area contributed by atoms with Crippen molar-refractivity contribution in [2.24, 2.45) is 0 Å². The molecule has 0 radical (unpaired) electrons. The van der Waals surface area contributed by atoms with E-state index in [1.54, 1.807) is 47.0 Å². The van der Waals surface area contributed by atoms with Gasteiger partial charge in [-0.1, -0.05) is 59.3 Å². The van der Waals surface area contributed by atoms with Crippen LogP contribution in [0.2, 0.25) is 5.02 Å². The lowest BCUT2D eigenvalue weighted by Crippen LogP contribution is -2.14. The first-order valence-corrected chi connectivity index (χ1v) is 10.8. The van der Waals surface area contributed by atoms with E-state index in [2.05, 4.69) is 15.5 Å². The molecule has 0 atom stereocenters. The largest absolute Gasteiger partial charge is 0.325 e. The Morgan fingerprint density at radius 3 is 2.58 bits per heavy atom. The third-order valence-corrected chi connectivity index (χ3v) is 5.65. The van der Waals surface area contributed by atoms with Crippen LogP contribution in [0.3, 0.4) is 0 Å². The van der Waals surface area contributed by atoms with Gasteiger partial charge in [-0.15, -0.1) is 10.2 Å². The summed E-state index contributed by atoms with van der Waals surface area (Å²) in [6.07, 6.45) is 0. The van der Waals surface area contributed by atoms with Gasteiger partial charge in [0.2, 0.25) is 5.91 Å². The molecule has 0 aliphatic rings. The zero-order valence-corrected chi connectivity index (χ0v) is 18.1. The van der Waals surface area contributed by atoms with Gasteiger partial charge in [-0.25, -0.2) is 4.39 Å². The number of nitrogens with zero attached hydrogens (tertiary/aromatic N) is 3. The highest BCUT2D eigenvalue weighted by Crippen LogP contribution is 2.29. The Bertz CT molecular complexity index is 1230. The number of carbonyl (C=O) groups excluding carboxylic acids is 1. The second kappa shape index (κ2) is 9.32. The van der Waals surface area contributed by atoms with Crippen LogP contribution in [-0.4, -0.2) is 26.4 Å². The molecule has 0 saturated carbocycles. The van der Waals surface area contributed by atoms with Crippen LogP contribution in [0, 0.1) is 12.7 Å². The third-order valence-electron chi connectivity index (χ3n) is 4.48. The van der Waals surface area contributed by atoms with Gasteiger partial charge in [0.15, 0.2) is 11.0 Å². The van der Waals surface area contributed by atoms with Crippen molar-refractivity contribution in [2.45, 2.75) is 12.1 Å². The topological polar surface area (TPSA) is 59.8 Å². The van der Waals surface area contributed by atoms with Crippen molar-refractivity contribution in [3.8, 4) is 17.1 Å². The molecule has 8 heteroatoms. The predicted octanol–water partition coefficient (Wildman–Crippen LogP) is 5.77. The summed E-state index contributed by atoms with van der Waals surface area (Å²) in [5.41, 5.74) is 2.84. The standard InChI is InChI=1S/C23H18ClFN4OS/c1-15-9-11-18(12-10-15)29-22(19-7-2-3-8-20(19)25)27-28-23(29)31-14-21(30)26-17-6-4-5-16(24)13-17/h2-13H,14H2,1H3,(H,26,30). The highest BCUT2D eigenvalue weighted by molar-refractivity contribution is 7.99. The van der Waals surface area contributed by atoms with Crippen molar-refractivity contribution in [1.29, 1.82) is 0 Å². The summed E-state index contributed by atoms with van der Waals surface area (Å²) in [7, 11) is 0. The van der Waals surface area contributed by atoms with E-state index in [1.165, 1.54) is 17.8 Å². The van der Waals surface area contributed by atoms with E-state index in [4.69, 9.17) is 11.6 Å². The first-order valence-electron chi connectivity index (χ1n) is 9.47. The molecule has 1 amide bonds. The number of hydrogen-bond donors (Lipinski definition) is 1. The lowest BCUT2D eigenvalue weighted by molar-refractivity contribution is -0.113. The fourth-order valence-electron chi connectivity index (χ4n) is 3.00. The van der Waals surface area contributed by atoms with Crippen LogP contribution in [0.4, 0.5) is 10.1 Å². The Kier molecular flexibility index (Phi) is 6.34. The summed E-state index contributed by atoms with van der Waals surface area (Å²) in [4.78, 5) is 12.4. The molecule has 4 rings (SSSR count). The van der Waals surface area contributed by atoms with E-state index in [0.29, 0.717) is 27.3 Å². The zero-order chi connectivity index (χ0) is 21.8. The highest BCUT2D eigenvalue weighted by Gasteiger charge is 2.19. The second-order valence-corrected chi connectivity index (χ2v) is 8.18.